The summed E-state index contributed by atoms with van der Waals surface area (Å²) >= 11 is 0. The molecular weight excluding hydrogens is 254 g/mol. The molecule has 1 saturated heterocycles. The molecule has 2 aliphatic rings. The summed E-state index contributed by atoms with van der Waals surface area (Å²) in [5, 5.41) is 11.8. The van der Waals surface area contributed by atoms with Gasteiger partial charge >= 0.3 is 6.09 Å². The molecule has 0 aromatic carbocycles. The van der Waals surface area contributed by atoms with Crippen LogP contribution in [0.1, 0.15) is 46.5 Å². The Morgan fingerprint density at radius 2 is 1.85 bits per heavy atom. The summed E-state index contributed by atoms with van der Waals surface area (Å²) in [6.07, 6.45) is 3.92. The number of hydrogen-bond acceptors (Lipinski definition) is 4. The fourth-order valence-corrected chi connectivity index (χ4v) is 2.95. The van der Waals surface area contributed by atoms with Crippen LogP contribution in [-0.2, 0) is 4.74 Å². The van der Waals surface area contributed by atoms with E-state index in [4.69, 9.17) is 10.00 Å². The third-order valence-electron chi connectivity index (χ3n) is 4.03. The normalized spacial score (nSPS) is 28.3. The molecular formula is C15H25N3O2. The molecule has 1 N–H and O–H groups in total. The topological polar surface area (TPSA) is 65.4 Å². The van der Waals surface area contributed by atoms with E-state index in [0.29, 0.717) is 6.04 Å². The summed E-state index contributed by atoms with van der Waals surface area (Å²) in [6, 6.07) is 3.16. The van der Waals surface area contributed by atoms with Crippen LogP contribution in [0.5, 0.6) is 0 Å². The first-order chi connectivity index (χ1) is 9.37. The van der Waals surface area contributed by atoms with Crippen molar-refractivity contribution in [2.24, 2.45) is 5.92 Å². The number of amides is 1. The zero-order valence-electron chi connectivity index (χ0n) is 12.7. The van der Waals surface area contributed by atoms with Crippen LogP contribution in [0.2, 0.25) is 0 Å². The smallest absolute Gasteiger partial charge is 0.407 e. The maximum atomic E-state index is 11.6. The monoisotopic (exact) mass is 279 g/mol. The maximum absolute atomic E-state index is 11.6. The van der Waals surface area contributed by atoms with Crippen molar-refractivity contribution < 1.29 is 9.53 Å². The molecule has 0 aromatic rings. The fraction of sp³-hybridized carbons (Fsp3) is 0.867. The van der Waals surface area contributed by atoms with Crippen LogP contribution >= 0.6 is 0 Å². The number of carbonyl (C=O) groups is 1. The SMILES string of the molecule is CC(C)(C)OC(=O)NC1CN(C2CCC(C#N)CC2)C1. The fourth-order valence-electron chi connectivity index (χ4n) is 2.95. The van der Waals surface area contributed by atoms with Gasteiger partial charge in [0.15, 0.2) is 0 Å². The molecule has 0 aromatic heterocycles. The lowest BCUT2D eigenvalue weighted by molar-refractivity contribution is 0.0250. The molecule has 1 amide bonds. The summed E-state index contributed by atoms with van der Waals surface area (Å²) in [5.74, 6) is 0.253. The van der Waals surface area contributed by atoms with Crippen LogP contribution in [0.3, 0.4) is 0 Å². The number of nitrogens with zero attached hydrogens (tertiary/aromatic N) is 2. The van der Waals surface area contributed by atoms with E-state index in [1.54, 1.807) is 0 Å². The molecule has 112 valence electrons. The minimum atomic E-state index is -0.441. The molecule has 1 aliphatic carbocycles. The molecule has 2 rings (SSSR count). The number of ether oxygens (including phenoxy) is 1. The van der Waals surface area contributed by atoms with E-state index < -0.39 is 5.60 Å². The third kappa shape index (κ3) is 4.11. The van der Waals surface area contributed by atoms with Crippen molar-refractivity contribution >= 4 is 6.09 Å². The van der Waals surface area contributed by atoms with Crippen molar-refractivity contribution in [3.8, 4) is 6.07 Å². The number of rotatable bonds is 2. The van der Waals surface area contributed by atoms with Gasteiger partial charge in [-0.25, -0.2) is 4.79 Å². The summed E-state index contributed by atoms with van der Waals surface area (Å²) in [4.78, 5) is 14.1. The van der Waals surface area contributed by atoms with E-state index in [0.717, 1.165) is 38.8 Å². The predicted octanol–water partition coefficient (Wildman–Crippen LogP) is 2.28. The molecule has 1 saturated carbocycles. The Morgan fingerprint density at radius 1 is 1.25 bits per heavy atom. The van der Waals surface area contributed by atoms with Gasteiger partial charge in [-0.1, -0.05) is 0 Å². The van der Waals surface area contributed by atoms with E-state index in [-0.39, 0.29) is 18.1 Å². The Balaban J connectivity index is 1.65. The first kappa shape index (κ1) is 15.1. The molecule has 1 aliphatic heterocycles. The molecule has 2 fully saturated rings. The standard InChI is InChI=1S/C15H25N3O2/c1-15(2,3)20-14(19)17-12-9-18(10-12)13-6-4-11(8-16)5-7-13/h11-13H,4-7,9-10H2,1-3H3,(H,17,19). The second-order valence-corrected chi connectivity index (χ2v) is 6.93. The van der Waals surface area contributed by atoms with Gasteiger partial charge in [-0.05, 0) is 46.5 Å². The lowest BCUT2D eigenvalue weighted by Crippen LogP contribution is -2.62. The van der Waals surface area contributed by atoms with Gasteiger partial charge in [-0.3, -0.25) is 4.90 Å². The maximum Gasteiger partial charge on any atom is 0.407 e. The Morgan fingerprint density at radius 3 is 2.35 bits per heavy atom. The first-order valence-corrected chi connectivity index (χ1v) is 7.50. The van der Waals surface area contributed by atoms with Crippen LogP contribution in [0, 0.1) is 17.2 Å². The van der Waals surface area contributed by atoms with Crippen LogP contribution in [0.4, 0.5) is 4.79 Å². The second kappa shape index (κ2) is 6.01. The van der Waals surface area contributed by atoms with Gasteiger partial charge in [0.25, 0.3) is 0 Å². The van der Waals surface area contributed by atoms with Crippen molar-refractivity contribution in [1.29, 1.82) is 5.26 Å². The van der Waals surface area contributed by atoms with Crippen molar-refractivity contribution in [1.82, 2.24) is 10.2 Å². The van der Waals surface area contributed by atoms with Crippen LogP contribution in [-0.4, -0.2) is 41.8 Å². The van der Waals surface area contributed by atoms with Crippen LogP contribution in [0.25, 0.3) is 0 Å². The number of hydrogen-bond donors (Lipinski definition) is 1. The van der Waals surface area contributed by atoms with Gasteiger partial charge in [0.2, 0.25) is 0 Å². The molecule has 0 unspecified atom stereocenters. The average molecular weight is 279 g/mol. The molecule has 1 heterocycles. The molecule has 0 atom stereocenters. The van der Waals surface area contributed by atoms with Gasteiger partial charge < -0.3 is 10.1 Å². The van der Waals surface area contributed by atoms with Gasteiger partial charge in [-0.2, -0.15) is 5.26 Å². The van der Waals surface area contributed by atoms with Crippen molar-refractivity contribution in [3.63, 3.8) is 0 Å². The Labute approximate surface area is 121 Å². The Kier molecular flexibility index (Phi) is 4.54. The molecule has 0 radical (unpaired) electrons. The highest BCUT2D eigenvalue weighted by Crippen LogP contribution is 2.29. The molecule has 0 spiro atoms. The molecule has 5 nitrogen and oxygen atoms in total. The lowest BCUT2D eigenvalue weighted by Gasteiger charge is -2.46. The summed E-state index contributed by atoms with van der Waals surface area (Å²) in [5.41, 5.74) is -0.441. The summed E-state index contributed by atoms with van der Waals surface area (Å²) in [6.45, 7) is 7.41. The van der Waals surface area contributed by atoms with Crippen molar-refractivity contribution in [3.05, 3.63) is 0 Å². The van der Waals surface area contributed by atoms with Crippen molar-refractivity contribution in [2.45, 2.75) is 64.1 Å². The first-order valence-electron chi connectivity index (χ1n) is 7.50. The second-order valence-electron chi connectivity index (χ2n) is 6.93. The molecule has 20 heavy (non-hydrogen) atoms. The predicted molar refractivity (Wildman–Crippen MR) is 76.1 cm³/mol. The minimum Gasteiger partial charge on any atom is -0.444 e. The van der Waals surface area contributed by atoms with Gasteiger partial charge in [0.1, 0.15) is 5.60 Å². The Hall–Kier alpha value is -1.28. The van der Waals surface area contributed by atoms with E-state index in [2.05, 4.69) is 16.3 Å². The van der Waals surface area contributed by atoms with Crippen LogP contribution in [0.15, 0.2) is 0 Å². The Bertz CT molecular complexity index is 383. The van der Waals surface area contributed by atoms with Crippen LogP contribution < -0.4 is 5.32 Å². The highest BCUT2D eigenvalue weighted by atomic mass is 16.6. The van der Waals surface area contributed by atoms with E-state index in [1.165, 1.54) is 0 Å². The van der Waals surface area contributed by atoms with Gasteiger partial charge in [0, 0.05) is 25.0 Å². The average Bonchev–Trinajstić information content (AvgIpc) is 2.31. The highest BCUT2D eigenvalue weighted by molar-refractivity contribution is 5.68. The van der Waals surface area contributed by atoms with E-state index in [9.17, 15) is 4.79 Å². The number of nitriles is 1. The van der Waals surface area contributed by atoms with E-state index in [1.807, 2.05) is 20.8 Å². The zero-order chi connectivity index (χ0) is 14.8. The van der Waals surface area contributed by atoms with Gasteiger partial charge in [-0.15, -0.1) is 0 Å². The van der Waals surface area contributed by atoms with Gasteiger partial charge in [0.05, 0.1) is 12.1 Å². The number of nitrogens with one attached hydrogen (secondary N) is 1. The highest BCUT2D eigenvalue weighted by Gasteiger charge is 2.35. The quantitative estimate of drug-likeness (QED) is 0.842. The minimum absolute atomic E-state index is 0.207. The van der Waals surface area contributed by atoms with E-state index >= 15 is 0 Å². The number of likely N-dealkylation sites (tertiary alicyclic amines) is 1. The third-order valence-corrected chi connectivity index (χ3v) is 4.03. The van der Waals surface area contributed by atoms with Crippen molar-refractivity contribution in [2.75, 3.05) is 13.1 Å². The number of carbonyl (C=O) groups excluding carboxylic acids is 1. The zero-order valence-corrected chi connectivity index (χ0v) is 12.7. The lowest BCUT2D eigenvalue weighted by atomic mass is 9.85. The molecule has 5 heteroatoms. The number of alkyl carbamates (subject to hydrolysis) is 1. The molecule has 0 bridgehead atoms. The summed E-state index contributed by atoms with van der Waals surface area (Å²) in [7, 11) is 0. The summed E-state index contributed by atoms with van der Waals surface area (Å²) < 4.78 is 5.25. The largest absolute Gasteiger partial charge is 0.444 e.